The molecule has 0 radical (unpaired) electrons. The highest BCUT2D eigenvalue weighted by Crippen LogP contribution is 2.34. The van der Waals surface area contributed by atoms with Crippen LogP contribution in [0.25, 0.3) is 0 Å². The molecular formula is C13H12N2O5S. The Morgan fingerprint density at radius 1 is 1.43 bits per heavy atom. The molecule has 8 heteroatoms. The number of hydrogen-bond donors (Lipinski definition) is 0. The van der Waals surface area contributed by atoms with Gasteiger partial charge in [-0.3, -0.25) is 14.9 Å². The number of rotatable bonds is 6. The van der Waals surface area contributed by atoms with E-state index in [2.05, 4.69) is 4.98 Å². The molecule has 2 aromatic rings. The maximum atomic E-state index is 11.0. The zero-order valence-corrected chi connectivity index (χ0v) is 12.2. The molecule has 21 heavy (non-hydrogen) atoms. The predicted octanol–water partition coefficient (Wildman–Crippen LogP) is 2.76. The van der Waals surface area contributed by atoms with E-state index in [1.807, 2.05) is 12.3 Å². The number of carbonyl (C=O) groups is 1. The van der Waals surface area contributed by atoms with Gasteiger partial charge >= 0.3 is 0 Å². The number of nitrogens with zero attached hydrogens (tertiary/aromatic N) is 2. The Kier molecular flexibility index (Phi) is 4.49. The van der Waals surface area contributed by atoms with E-state index >= 15 is 0 Å². The Labute approximate surface area is 124 Å². The van der Waals surface area contributed by atoms with Crippen LogP contribution >= 0.6 is 11.3 Å². The molecular weight excluding hydrogens is 296 g/mol. The van der Waals surface area contributed by atoms with Crippen LogP contribution in [0, 0.1) is 17.0 Å². The number of aromatic nitrogens is 1. The van der Waals surface area contributed by atoms with Crippen molar-refractivity contribution in [3.8, 4) is 11.5 Å². The van der Waals surface area contributed by atoms with E-state index in [0.717, 1.165) is 10.7 Å². The molecule has 0 aliphatic rings. The van der Waals surface area contributed by atoms with Crippen LogP contribution in [0.15, 0.2) is 17.5 Å². The summed E-state index contributed by atoms with van der Waals surface area (Å²) in [5.74, 6) is 0.457. The maximum absolute atomic E-state index is 11.0. The first-order chi connectivity index (χ1) is 10.0. The van der Waals surface area contributed by atoms with Crippen LogP contribution in [-0.4, -0.2) is 23.3 Å². The van der Waals surface area contributed by atoms with Crippen molar-refractivity contribution in [2.24, 2.45) is 0 Å². The van der Waals surface area contributed by atoms with E-state index in [0.29, 0.717) is 6.29 Å². The maximum Gasteiger partial charge on any atom is 0.283 e. The Balaban J connectivity index is 2.30. The predicted molar refractivity (Wildman–Crippen MR) is 76.2 cm³/mol. The number of carbonyl (C=O) groups excluding carboxylic acids is 1. The van der Waals surface area contributed by atoms with Crippen molar-refractivity contribution in [2.45, 2.75) is 13.5 Å². The number of hydrogen-bond acceptors (Lipinski definition) is 7. The average Bonchev–Trinajstić information content (AvgIpc) is 2.89. The van der Waals surface area contributed by atoms with Gasteiger partial charge < -0.3 is 9.47 Å². The van der Waals surface area contributed by atoms with Gasteiger partial charge in [0.15, 0.2) is 17.8 Å². The number of methoxy groups -OCH3 is 1. The molecule has 1 aromatic carbocycles. The summed E-state index contributed by atoms with van der Waals surface area (Å²) in [4.78, 5) is 25.4. The summed E-state index contributed by atoms with van der Waals surface area (Å²) in [6.45, 7) is 2.04. The number of nitro groups is 1. The monoisotopic (exact) mass is 308 g/mol. The Morgan fingerprint density at radius 2 is 2.19 bits per heavy atom. The quantitative estimate of drug-likeness (QED) is 0.463. The highest BCUT2D eigenvalue weighted by atomic mass is 32.1. The van der Waals surface area contributed by atoms with E-state index < -0.39 is 4.92 Å². The molecule has 1 heterocycles. The van der Waals surface area contributed by atoms with Gasteiger partial charge in [-0.2, -0.15) is 0 Å². The number of thiazole rings is 1. The lowest BCUT2D eigenvalue weighted by molar-refractivity contribution is -0.385. The topological polar surface area (TPSA) is 91.6 Å². The zero-order chi connectivity index (χ0) is 15.4. The van der Waals surface area contributed by atoms with Gasteiger partial charge in [0.05, 0.1) is 23.7 Å². The summed E-state index contributed by atoms with van der Waals surface area (Å²) < 4.78 is 10.6. The largest absolute Gasteiger partial charge is 0.493 e. The number of nitro benzene ring substituents is 1. The van der Waals surface area contributed by atoms with Gasteiger partial charge in [-0.05, 0) is 6.92 Å². The molecule has 0 saturated carbocycles. The second kappa shape index (κ2) is 6.31. The summed E-state index contributed by atoms with van der Waals surface area (Å²) >= 11 is 1.43. The molecule has 1 aromatic heterocycles. The lowest BCUT2D eigenvalue weighted by atomic mass is 10.1. The van der Waals surface area contributed by atoms with Gasteiger partial charge in [-0.25, -0.2) is 4.98 Å². The van der Waals surface area contributed by atoms with E-state index in [4.69, 9.17) is 9.47 Å². The van der Waals surface area contributed by atoms with Crippen LogP contribution in [0.4, 0.5) is 5.69 Å². The van der Waals surface area contributed by atoms with Gasteiger partial charge in [0.2, 0.25) is 0 Å². The molecule has 0 amide bonds. The van der Waals surface area contributed by atoms with Crippen molar-refractivity contribution in [1.82, 2.24) is 4.98 Å². The van der Waals surface area contributed by atoms with Gasteiger partial charge in [0, 0.05) is 17.1 Å². The average molecular weight is 308 g/mol. The first-order valence-corrected chi connectivity index (χ1v) is 6.78. The SMILES string of the molecule is COc1cc(C=O)c([N+](=O)[O-])cc1OCc1nc(C)cs1. The van der Waals surface area contributed by atoms with Crippen molar-refractivity contribution >= 4 is 23.3 Å². The summed E-state index contributed by atoms with van der Waals surface area (Å²) in [5, 5.41) is 13.6. The Bertz CT molecular complexity index is 683. The number of ether oxygens (including phenoxy) is 2. The number of benzene rings is 1. The van der Waals surface area contributed by atoms with E-state index in [9.17, 15) is 14.9 Å². The standard InChI is InChI=1S/C13H12N2O5S/c1-8-7-21-13(14-8)6-20-12-4-10(15(17)18)9(5-16)3-11(12)19-2/h3-5,7H,6H2,1-2H3. The third-order valence-electron chi connectivity index (χ3n) is 2.65. The third kappa shape index (κ3) is 3.34. The summed E-state index contributed by atoms with van der Waals surface area (Å²) in [6, 6.07) is 2.47. The summed E-state index contributed by atoms with van der Waals surface area (Å²) in [6.07, 6.45) is 0.411. The third-order valence-corrected chi connectivity index (χ3v) is 3.59. The highest BCUT2D eigenvalue weighted by Gasteiger charge is 2.19. The van der Waals surface area contributed by atoms with Crippen molar-refractivity contribution in [1.29, 1.82) is 0 Å². The summed E-state index contributed by atoms with van der Waals surface area (Å²) in [7, 11) is 1.40. The van der Waals surface area contributed by atoms with Crippen molar-refractivity contribution in [3.05, 3.63) is 43.9 Å². The van der Waals surface area contributed by atoms with Crippen molar-refractivity contribution < 1.29 is 19.2 Å². The minimum absolute atomic E-state index is 0.0608. The first-order valence-electron chi connectivity index (χ1n) is 5.90. The van der Waals surface area contributed by atoms with Crippen molar-refractivity contribution in [2.75, 3.05) is 7.11 Å². The molecule has 0 N–H and O–H groups in total. The molecule has 2 rings (SSSR count). The van der Waals surface area contributed by atoms with Gasteiger partial charge in [0.25, 0.3) is 5.69 Å². The van der Waals surface area contributed by atoms with Crippen LogP contribution in [0.3, 0.4) is 0 Å². The fraction of sp³-hybridized carbons (Fsp3) is 0.231. The van der Waals surface area contributed by atoms with Crippen LogP contribution in [0.1, 0.15) is 21.1 Å². The van der Waals surface area contributed by atoms with Crippen LogP contribution in [0.5, 0.6) is 11.5 Å². The lowest BCUT2D eigenvalue weighted by Gasteiger charge is -2.10. The Morgan fingerprint density at radius 3 is 2.71 bits per heavy atom. The molecule has 110 valence electrons. The second-order valence-corrected chi connectivity index (χ2v) is 5.05. The minimum atomic E-state index is -0.635. The van der Waals surface area contributed by atoms with Gasteiger partial charge in [-0.1, -0.05) is 0 Å². The second-order valence-electron chi connectivity index (χ2n) is 4.11. The van der Waals surface area contributed by atoms with E-state index in [-0.39, 0.29) is 29.4 Å². The molecule has 0 unspecified atom stereocenters. The number of aldehydes is 1. The molecule has 0 aliphatic carbocycles. The fourth-order valence-electron chi connectivity index (χ4n) is 1.70. The molecule has 7 nitrogen and oxygen atoms in total. The number of aryl methyl sites for hydroxylation is 1. The van der Waals surface area contributed by atoms with Crippen LogP contribution in [0.2, 0.25) is 0 Å². The summed E-state index contributed by atoms with van der Waals surface area (Å²) in [5.41, 5.74) is 0.498. The zero-order valence-electron chi connectivity index (χ0n) is 11.4. The molecule has 0 spiro atoms. The lowest BCUT2D eigenvalue weighted by Crippen LogP contribution is -2.01. The molecule has 0 aliphatic heterocycles. The van der Waals surface area contributed by atoms with E-state index in [1.54, 1.807) is 0 Å². The van der Waals surface area contributed by atoms with Gasteiger partial charge in [0.1, 0.15) is 11.6 Å². The van der Waals surface area contributed by atoms with Gasteiger partial charge in [-0.15, -0.1) is 11.3 Å². The van der Waals surface area contributed by atoms with Crippen LogP contribution < -0.4 is 9.47 Å². The normalized spacial score (nSPS) is 10.2. The van der Waals surface area contributed by atoms with E-state index in [1.165, 1.54) is 30.6 Å². The van der Waals surface area contributed by atoms with Crippen LogP contribution in [-0.2, 0) is 6.61 Å². The first kappa shape index (κ1) is 14.9. The van der Waals surface area contributed by atoms with Crippen molar-refractivity contribution in [3.63, 3.8) is 0 Å². The molecule has 0 saturated heterocycles. The fourth-order valence-corrected chi connectivity index (χ4v) is 2.38. The minimum Gasteiger partial charge on any atom is -0.493 e. The molecule has 0 bridgehead atoms. The Hall–Kier alpha value is -2.48. The highest BCUT2D eigenvalue weighted by molar-refractivity contribution is 7.09. The molecule has 0 fully saturated rings. The molecule has 0 atom stereocenters. The smallest absolute Gasteiger partial charge is 0.283 e.